The second kappa shape index (κ2) is 4.67. The Kier molecular flexibility index (Phi) is 4.36. The van der Waals surface area contributed by atoms with Crippen LogP contribution in [0.1, 0.15) is 11.6 Å². The van der Waals surface area contributed by atoms with Crippen LogP contribution in [0.25, 0.3) is 0 Å². The number of benzene rings is 1. The number of rotatable bonds is 1. The summed E-state index contributed by atoms with van der Waals surface area (Å²) in [4.78, 5) is 0. The molecule has 0 spiro atoms. The first-order valence-corrected chi connectivity index (χ1v) is 3.63. The molecule has 0 heterocycles. The van der Waals surface area contributed by atoms with Crippen LogP contribution in [0.5, 0.6) is 5.75 Å². The van der Waals surface area contributed by atoms with Crippen LogP contribution in [-0.4, -0.2) is 11.3 Å². The topological polar surface area (TPSA) is 46.2 Å². The molecule has 0 fully saturated rings. The lowest BCUT2D eigenvalue weighted by Gasteiger charge is -2.16. The highest BCUT2D eigenvalue weighted by Gasteiger charge is 2.39. The van der Waals surface area contributed by atoms with E-state index in [2.05, 4.69) is 0 Å². The summed E-state index contributed by atoms with van der Waals surface area (Å²) in [6.07, 6.45) is -4.70. The number of hydrogen-bond donors (Lipinski definition) is 2. The van der Waals surface area contributed by atoms with Crippen LogP contribution in [0.4, 0.5) is 17.6 Å². The van der Waals surface area contributed by atoms with Crippen LogP contribution in [-0.2, 0) is 0 Å². The zero-order chi connectivity index (χ0) is 10.9. The fourth-order valence-electron chi connectivity index (χ4n) is 0.959. The van der Waals surface area contributed by atoms with E-state index in [1.54, 1.807) is 0 Å². The summed E-state index contributed by atoms with van der Waals surface area (Å²) in [6, 6.07) is 0.451. The normalized spacial score (nSPS) is 13.1. The minimum Gasteiger partial charge on any atom is -0.505 e. The highest BCUT2D eigenvalue weighted by molar-refractivity contribution is 5.85. The molecular weight excluding hydrogens is 238 g/mol. The van der Waals surface area contributed by atoms with Crippen molar-refractivity contribution in [1.29, 1.82) is 0 Å². The highest BCUT2D eigenvalue weighted by atomic mass is 35.5. The Hall–Kier alpha value is -1.01. The van der Waals surface area contributed by atoms with Crippen LogP contribution >= 0.6 is 12.4 Å². The first kappa shape index (κ1) is 14.0. The fourth-order valence-corrected chi connectivity index (χ4v) is 0.959. The lowest BCUT2D eigenvalue weighted by molar-refractivity contribution is -0.149. The molecule has 0 aliphatic rings. The van der Waals surface area contributed by atoms with Gasteiger partial charge in [-0.2, -0.15) is 13.2 Å². The van der Waals surface area contributed by atoms with Gasteiger partial charge in [0.25, 0.3) is 0 Å². The number of para-hydroxylation sites is 1. The molecule has 1 aromatic carbocycles. The number of phenolic OH excluding ortho intramolecular Hbond substituents is 1. The Morgan fingerprint density at radius 2 is 1.80 bits per heavy atom. The number of aromatic hydroxyl groups is 1. The van der Waals surface area contributed by atoms with Gasteiger partial charge in [-0.1, -0.05) is 12.1 Å². The number of halogens is 5. The van der Waals surface area contributed by atoms with Gasteiger partial charge in [-0.15, -0.1) is 12.4 Å². The fraction of sp³-hybridized carbons (Fsp3) is 0.250. The van der Waals surface area contributed by atoms with Gasteiger partial charge < -0.3 is 10.8 Å². The van der Waals surface area contributed by atoms with Crippen LogP contribution in [0.3, 0.4) is 0 Å². The molecule has 0 unspecified atom stereocenters. The van der Waals surface area contributed by atoms with Gasteiger partial charge in [0.15, 0.2) is 11.6 Å². The lowest BCUT2D eigenvalue weighted by atomic mass is 10.1. The summed E-state index contributed by atoms with van der Waals surface area (Å²) < 4.78 is 48.9. The maximum Gasteiger partial charge on any atom is 0.407 e. The van der Waals surface area contributed by atoms with Crippen molar-refractivity contribution < 1.29 is 22.7 Å². The van der Waals surface area contributed by atoms with E-state index in [1.165, 1.54) is 0 Å². The number of hydrogen-bond acceptors (Lipinski definition) is 2. The maximum atomic E-state index is 12.7. The van der Waals surface area contributed by atoms with Crippen molar-refractivity contribution in [1.82, 2.24) is 0 Å². The van der Waals surface area contributed by atoms with Gasteiger partial charge in [-0.05, 0) is 6.07 Å². The molecule has 7 heteroatoms. The largest absolute Gasteiger partial charge is 0.505 e. The summed E-state index contributed by atoms with van der Waals surface area (Å²) in [5, 5.41) is 8.98. The Labute approximate surface area is 89.1 Å². The molecule has 0 saturated carbocycles. The van der Waals surface area contributed by atoms with E-state index in [4.69, 9.17) is 10.8 Å². The SMILES string of the molecule is Cl.N[C@@H](c1cccc(F)c1O)C(F)(F)F. The Bertz CT molecular complexity index is 342. The average Bonchev–Trinajstić information content (AvgIpc) is 2.07. The smallest absolute Gasteiger partial charge is 0.407 e. The molecule has 0 radical (unpaired) electrons. The number of phenols is 1. The van der Waals surface area contributed by atoms with Gasteiger partial charge in [0.05, 0.1) is 0 Å². The predicted molar refractivity (Wildman–Crippen MR) is 48.3 cm³/mol. The monoisotopic (exact) mass is 245 g/mol. The van der Waals surface area contributed by atoms with Crippen molar-refractivity contribution >= 4 is 12.4 Å². The van der Waals surface area contributed by atoms with E-state index >= 15 is 0 Å². The molecule has 0 amide bonds. The second-order valence-electron chi connectivity index (χ2n) is 2.70. The molecule has 2 nitrogen and oxygen atoms in total. The third-order valence-corrected chi connectivity index (χ3v) is 1.71. The van der Waals surface area contributed by atoms with Gasteiger partial charge in [0.1, 0.15) is 6.04 Å². The van der Waals surface area contributed by atoms with Crippen molar-refractivity contribution in [2.45, 2.75) is 12.2 Å². The van der Waals surface area contributed by atoms with E-state index in [-0.39, 0.29) is 12.4 Å². The van der Waals surface area contributed by atoms with Crippen LogP contribution in [0.15, 0.2) is 18.2 Å². The zero-order valence-electron chi connectivity index (χ0n) is 7.25. The summed E-state index contributed by atoms with van der Waals surface area (Å²) in [6.45, 7) is 0. The van der Waals surface area contributed by atoms with Gasteiger partial charge in [-0.25, -0.2) is 4.39 Å². The summed E-state index contributed by atoms with van der Waals surface area (Å²) in [5.74, 6) is -2.18. The van der Waals surface area contributed by atoms with Crippen molar-refractivity contribution in [3.8, 4) is 5.75 Å². The molecule has 0 saturated heterocycles. The summed E-state index contributed by atoms with van der Waals surface area (Å²) in [5.41, 5.74) is 4.12. The number of alkyl halides is 3. The standard InChI is InChI=1S/C8H7F4NO.ClH/c9-5-3-1-2-4(6(5)14)7(13)8(10,11)12;/h1-3,7,14H,13H2;1H/t7-;/m0./s1. The first-order chi connectivity index (χ1) is 6.34. The van der Waals surface area contributed by atoms with E-state index in [1.807, 2.05) is 0 Å². The molecule has 86 valence electrons. The van der Waals surface area contributed by atoms with Gasteiger partial charge in [0.2, 0.25) is 0 Å². The van der Waals surface area contributed by atoms with Crippen LogP contribution in [0.2, 0.25) is 0 Å². The minimum atomic E-state index is -4.70. The van der Waals surface area contributed by atoms with Crippen LogP contribution in [0, 0.1) is 5.82 Å². The molecule has 1 rings (SSSR count). The van der Waals surface area contributed by atoms with E-state index in [9.17, 15) is 17.6 Å². The van der Waals surface area contributed by atoms with Crippen LogP contribution < -0.4 is 5.73 Å². The van der Waals surface area contributed by atoms with E-state index in [0.717, 1.165) is 18.2 Å². The third-order valence-electron chi connectivity index (χ3n) is 1.71. The highest BCUT2D eigenvalue weighted by Crippen LogP contribution is 2.35. The van der Waals surface area contributed by atoms with Crippen molar-refractivity contribution in [2.24, 2.45) is 5.73 Å². The zero-order valence-corrected chi connectivity index (χ0v) is 8.07. The first-order valence-electron chi connectivity index (χ1n) is 3.63. The molecule has 0 bridgehead atoms. The molecule has 0 aliphatic carbocycles. The summed E-state index contributed by atoms with van der Waals surface area (Å²) >= 11 is 0. The van der Waals surface area contributed by atoms with Crippen molar-refractivity contribution in [2.75, 3.05) is 0 Å². The molecule has 3 N–H and O–H groups in total. The average molecular weight is 246 g/mol. The van der Waals surface area contributed by atoms with Crippen molar-refractivity contribution in [3.63, 3.8) is 0 Å². The predicted octanol–water partition coefficient (Wildman–Crippen LogP) is 2.52. The maximum absolute atomic E-state index is 12.7. The second-order valence-corrected chi connectivity index (χ2v) is 2.70. The van der Waals surface area contributed by atoms with Gasteiger partial charge in [-0.3, -0.25) is 0 Å². The third kappa shape index (κ3) is 2.97. The minimum absolute atomic E-state index is 0. The number of nitrogens with two attached hydrogens (primary N) is 1. The summed E-state index contributed by atoms with van der Waals surface area (Å²) in [7, 11) is 0. The molecule has 0 aromatic heterocycles. The molecule has 1 aromatic rings. The van der Waals surface area contributed by atoms with Crippen molar-refractivity contribution in [3.05, 3.63) is 29.6 Å². The lowest BCUT2D eigenvalue weighted by Crippen LogP contribution is -2.28. The van der Waals surface area contributed by atoms with Gasteiger partial charge >= 0.3 is 6.18 Å². The molecule has 1 atom stereocenters. The van der Waals surface area contributed by atoms with Gasteiger partial charge in [0, 0.05) is 5.56 Å². The van der Waals surface area contributed by atoms with E-state index < -0.39 is 29.3 Å². The Morgan fingerprint density at radius 1 is 1.27 bits per heavy atom. The Balaban J connectivity index is 0.00000196. The Morgan fingerprint density at radius 3 is 2.27 bits per heavy atom. The molecule has 15 heavy (non-hydrogen) atoms. The molecule has 0 aliphatic heterocycles. The molecular formula is C8H8ClF4NO. The van der Waals surface area contributed by atoms with E-state index in [0.29, 0.717) is 0 Å². The quantitative estimate of drug-likeness (QED) is 0.747.